The Balaban J connectivity index is 2.07. The van der Waals surface area contributed by atoms with Crippen LogP contribution >= 0.6 is 11.8 Å². The van der Waals surface area contributed by atoms with Crippen LogP contribution in [-0.4, -0.2) is 33.0 Å². The number of carbonyl (C=O) groups excluding carboxylic acids is 1. The van der Waals surface area contributed by atoms with Gasteiger partial charge in [-0.05, 0) is 38.5 Å². The molecule has 0 unspecified atom stereocenters. The Morgan fingerprint density at radius 1 is 1.50 bits per heavy atom. The smallest absolute Gasteiger partial charge is 0.237 e. The highest BCUT2D eigenvalue weighted by molar-refractivity contribution is 8.00. The van der Waals surface area contributed by atoms with Gasteiger partial charge in [0, 0.05) is 6.54 Å². The lowest BCUT2D eigenvalue weighted by Gasteiger charge is -2.14. The van der Waals surface area contributed by atoms with Gasteiger partial charge in [0.1, 0.15) is 12.1 Å². The van der Waals surface area contributed by atoms with Crippen molar-refractivity contribution >= 4 is 23.4 Å². The second kappa shape index (κ2) is 7.31. The van der Waals surface area contributed by atoms with Gasteiger partial charge in [0.05, 0.1) is 18.0 Å². The highest BCUT2D eigenvalue weighted by atomic mass is 32.2. The van der Waals surface area contributed by atoms with Gasteiger partial charge in [-0.25, -0.2) is 0 Å². The van der Waals surface area contributed by atoms with Crippen LogP contribution in [0.1, 0.15) is 19.4 Å². The van der Waals surface area contributed by atoms with E-state index in [0.717, 1.165) is 17.3 Å². The molecule has 0 aliphatic rings. The van der Waals surface area contributed by atoms with Crippen molar-refractivity contribution in [2.75, 3.05) is 12.4 Å². The number of benzene rings is 1. The second-order valence-electron chi connectivity index (χ2n) is 4.85. The second-order valence-corrected chi connectivity index (χ2v) is 6.16. The lowest BCUT2D eigenvalue weighted by molar-refractivity contribution is -0.115. The molecule has 7 heteroatoms. The third-order valence-electron chi connectivity index (χ3n) is 3.18. The molecule has 0 saturated carbocycles. The Labute approximate surface area is 134 Å². The number of methoxy groups -OCH3 is 1. The molecule has 1 aromatic heterocycles. The Hall–Kier alpha value is -2.02. The first-order valence-corrected chi connectivity index (χ1v) is 7.93. The third kappa shape index (κ3) is 3.79. The van der Waals surface area contributed by atoms with E-state index in [2.05, 4.69) is 15.5 Å². The van der Waals surface area contributed by atoms with Gasteiger partial charge >= 0.3 is 0 Å². The average Bonchev–Trinajstić information content (AvgIpc) is 2.94. The number of hydrogen-bond acceptors (Lipinski definition) is 5. The van der Waals surface area contributed by atoms with Crippen molar-refractivity contribution in [3.63, 3.8) is 0 Å². The zero-order chi connectivity index (χ0) is 16.1. The Morgan fingerprint density at radius 2 is 2.27 bits per heavy atom. The van der Waals surface area contributed by atoms with Crippen LogP contribution in [-0.2, 0) is 11.3 Å². The van der Waals surface area contributed by atoms with Crippen molar-refractivity contribution in [2.45, 2.75) is 37.7 Å². The number of nitrogens with one attached hydrogen (secondary N) is 1. The van der Waals surface area contributed by atoms with E-state index in [9.17, 15) is 4.79 Å². The van der Waals surface area contributed by atoms with Crippen LogP contribution < -0.4 is 10.1 Å². The van der Waals surface area contributed by atoms with Gasteiger partial charge in [-0.2, -0.15) is 0 Å². The van der Waals surface area contributed by atoms with Gasteiger partial charge in [0.15, 0.2) is 5.16 Å². The number of thioether (sulfide) groups is 1. The van der Waals surface area contributed by atoms with Crippen LogP contribution in [0.2, 0.25) is 0 Å². The maximum atomic E-state index is 12.4. The highest BCUT2D eigenvalue weighted by Crippen LogP contribution is 2.27. The van der Waals surface area contributed by atoms with Gasteiger partial charge in [-0.15, -0.1) is 10.2 Å². The number of aryl methyl sites for hydroxylation is 2. The molecule has 1 aromatic carbocycles. The van der Waals surface area contributed by atoms with Crippen LogP contribution in [0.5, 0.6) is 5.75 Å². The molecule has 1 heterocycles. The number of aromatic nitrogens is 3. The fraction of sp³-hybridized carbons (Fsp3) is 0.400. The lowest BCUT2D eigenvalue weighted by atomic mass is 10.2. The maximum Gasteiger partial charge on any atom is 0.237 e. The molecule has 2 aromatic rings. The molecule has 2 rings (SSSR count). The average molecular weight is 320 g/mol. The molecule has 0 spiro atoms. The summed E-state index contributed by atoms with van der Waals surface area (Å²) in [5, 5.41) is 11.3. The number of hydrogen-bond donors (Lipinski definition) is 1. The van der Waals surface area contributed by atoms with Crippen LogP contribution in [0.4, 0.5) is 5.69 Å². The van der Waals surface area contributed by atoms with E-state index in [1.54, 1.807) is 13.4 Å². The van der Waals surface area contributed by atoms with E-state index in [1.807, 2.05) is 43.5 Å². The van der Waals surface area contributed by atoms with Crippen LogP contribution in [0.3, 0.4) is 0 Å². The lowest BCUT2D eigenvalue weighted by Crippen LogP contribution is -2.23. The molecule has 6 nitrogen and oxygen atoms in total. The van der Waals surface area contributed by atoms with Gasteiger partial charge in [-0.3, -0.25) is 4.79 Å². The van der Waals surface area contributed by atoms with E-state index in [-0.39, 0.29) is 11.2 Å². The quantitative estimate of drug-likeness (QED) is 0.829. The number of anilines is 1. The molecule has 118 valence electrons. The first kappa shape index (κ1) is 16.4. The minimum atomic E-state index is -0.292. The van der Waals surface area contributed by atoms with Crippen molar-refractivity contribution in [1.29, 1.82) is 0 Å². The fourth-order valence-corrected chi connectivity index (χ4v) is 2.81. The van der Waals surface area contributed by atoms with E-state index in [0.29, 0.717) is 11.4 Å². The van der Waals surface area contributed by atoms with Gasteiger partial charge in [-0.1, -0.05) is 17.8 Å². The van der Waals surface area contributed by atoms with Gasteiger partial charge in [0.25, 0.3) is 0 Å². The molecule has 1 N–H and O–H groups in total. The summed E-state index contributed by atoms with van der Waals surface area (Å²) in [6, 6.07) is 5.68. The monoisotopic (exact) mass is 320 g/mol. The summed E-state index contributed by atoms with van der Waals surface area (Å²) in [5.41, 5.74) is 1.74. The Kier molecular flexibility index (Phi) is 5.43. The maximum absolute atomic E-state index is 12.4. The zero-order valence-electron chi connectivity index (χ0n) is 13.2. The van der Waals surface area contributed by atoms with E-state index in [1.165, 1.54) is 11.8 Å². The van der Waals surface area contributed by atoms with Crippen molar-refractivity contribution in [3.05, 3.63) is 30.1 Å². The number of carbonyl (C=O) groups is 1. The molecule has 0 radical (unpaired) electrons. The summed E-state index contributed by atoms with van der Waals surface area (Å²) in [4.78, 5) is 12.4. The largest absolute Gasteiger partial charge is 0.495 e. The molecule has 1 amide bonds. The zero-order valence-corrected chi connectivity index (χ0v) is 14.0. The van der Waals surface area contributed by atoms with Crippen molar-refractivity contribution in [1.82, 2.24) is 14.8 Å². The summed E-state index contributed by atoms with van der Waals surface area (Å²) in [6.07, 6.45) is 1.66. The minimum absolute atomic E-state index is 0.0976. The molecule has 0 saturated heterocycles. The summed E-state index contributed by atoms with van der Waals surface area (Å²) < 4.78 is 7.18. The number of nitrogens with zero attached hydrogens (tertiary/aromatic N) is 3. The van der Waals surface area contributed by atoms with E-state index < -0.39 is 0 Å². The van der Waals surface area contributed by atoms with Crippen LogP contribution in [0.25, 0.3) is 0 Å². The SMILES string of the molecule is CCn1cnnc1S[C@@H](C)C(=O)Nc1cc(C)ccc1OC. The van der Waals surface area contributed by atoms with Gasteiger partial charge in [0.2, 0.25) is 5.91 Å². The fourth-order valence-electron chi connectivity index (χ4n) is 1.92. The molecule has 0 aliphatic heterocycles. The molecule has 0 aliphatic carbocycles. The minimum Gasteiger partial charge on any atom is -0.495 e. The van der Waals surface area contributed by atoms with Crippen LogP contribution in [0, 0.1) is 6.92 Å². The summed E-state index contributed by atoms with van der Waals surface area (Å²) in [5.74, 6) is 0.549. The topological polar surface area (TPSA) is 69.0 Å². The first-order valence-electron chi connectivity index (χ1n) is 7.05. The number of rotatable bonds is 6. The van der Waals surface area contributed by atoms with Crippen molar-refractivity contribution in [3.8, 4) is 5.75 Å². The Bertz CT molecular complexity index is 657. The standard InChI is InChI=1S/C15H20N4O2S/c1-5-19-9-16-18-15(19)22-11(3)14(20)17-12-8-10(2)6-7-13(12)21-4/h6-9,11H,5H2,1-4H3,(H,17,20)/t11-/m0/s1. The summed E-state index contributed by atoms with van der Waals surface area (Å²) in [6.45, 7) is 6.60. The molecule has 22 heavy (non-hydrogen) atoms. The Morgan fingerprint density at radius 3 is 2.95 bits per heavy atom. The van der Waals surface area contributed by atoms with Gasteiger partial charge < -0.3 is 14.6 Å². The highest BCUT2D eigenvalue weighted by Gasteiger charge is 2.19. The molecule has 1 atom stereocenters. The molecular weight excluding hydrogens is 300 g/mol. The van der Waals surface area contributed by atoms with E-state index in [4.69, 9.17) is 4.74 Å². The molecular formula is C15H20N4O2S. The van der Waals surface area contributed by atoms with Crippen LogP contribution in [0.15, 0.2) is 29.7 Å². The number of amides is 1. The normalized spacial score (nSPS) is 12.0. The first-order chi connectivity index (χ1) is 10.5. The summed E-state index contributed by atoms with van der Waals surface area (Å²) >= 11 is 1.38. The predicted octanol–water partition coefficient (Wildman–Crippen LogP) is 2.73. The van der Waals surface area contributed by atoms with Crippen molar-refractivity contribution in [2.24, 2.45) is 0 Å². The summed E-state index contributed by atoms with van der Waals surface area (Å²) in [7, 11) is 1.59. The molecule has 0 fully saturated rings. The third-order valence-corrected chi connectivity index (χ3v) is 4.28. The number of ether oxygens (including phenoxy) is 1. The molecule has 0 bridgehead atoms. The van der Waals surface area contributed by atoms with Crippen molar-refractivity contribution < 1.29 is 9.53 Å². The predicted molar refractivity (Wildman–Crippen MR) is 87.4 cm³/mol. The van der Waals surface area contributed by atoms with E-state index >= 15 is 0 Å².